The lowest BCUT2D eigenvalue weighted by Crippen LogP contribution is -2.29. The Kier molecular flexibility index (Phi) is 6.27. The zero-order valence-electron chi connectivity index (χ0n) is 12.9. The van der Waals surface area contributed by atoms with Crippen molar-refractivity contribution < 1.29 is 13.6 Å². The van der Waals surface area contributed by atoms with Gasteiger partial charge in [0.25, 0.3) is 0 Å². The maximum Gasteiger partial charge on any atom is 0.220 e. The lowest BCUT2D eigenvalue weighted by Gasteiger charge is -2.24. The van der Waals surface area contributed by atoms with Gasteiger partial charge in [-0.05, 0) is 37.8 Å². The van der Waals surface area contributed by atoms with E-state index in [0.29, 0.717) is 19.4 Å². The summed E-state index contributed by atoms with van der Waals surface area (Å²) < 4.78 is 26.5. The van der Waals surface area contributed by atoms with Gasteiger partial charge < -0.3 is 11.1 Å². The van der Waals surface area contributed by atoms with Gasteiger partial charge in [0, 0.05) is 18.1 Å². The highest BCUT2D eigenvalue weighted by Gasteiger charge is 2.20. The van der Waals surface area contributed by atoms with E-state index in [9.17, 15) is 13.6 Å². The molecule has 1 aromatic rings. The maximum atomic E-state index is 13.6. The van der Waals surface area contributed by atoms with Crippen LogP contribution in [0, 0.1) is 17.0 Å². The lowest BCUT2D eigenvalue weighted by atomic mass is 9.84. The summed E-state index contributed by atoms with van der Waals surface area (Å²) in [5, 5.41) is 2.74. The summed E-state index contributed by atoms with van der Waals surface area (Å²) in [4.78, 5) is 11.9. The summed E-state index contributed by atoms with van der Waals surface area (Å²) in [6.07, 6.45) is 1.93. The number of hydrogen-bond donors (Lipinski definition) is 2. The number of nitrogens with two attached hydrogens (primary N) is 1. The second-order valence-corrected chi connectivity index (χ2v) is 6.16. The fourth-order valence-electron chi connectivity index (χ4n) is 2.21. The van der Waals surface area contributed by atoms with Crippen molar-refractivity contribution in [2.45, 2.75) is 46.1 Å². The molecule has 0 spiro atoms. The van der Waals surface area contributed by atoms with Crippen molar-refractivity contribution in [3.05, 3.63) is 35.4 Å². The SMILES string of the molecule is CC(NC(=O)CCC(C)(C)CCN)c1ccc(F)cc1F. The van der Waals surface area contributed by atoms with Crippen LogP contribution in [0.3, 0.4) is 0 Å². The number of carbonyl (C=O) groups is 1. The summed E-state index contributed by atoms with van der Waals surface area (Å²) in [5.74, 6) is -1.42. The minimum absolute atomic E-state index is 0.0104. The molecule has 1 rings (SSSR count). The van der Waals surface area contributed by atoms with Crippen molar-refractivity contribution in [1.29, 1.82) is 0 Å². The number of carbonyl (C=O) groups excluding carboxylic acids is 1. The molecule has 3 N–H and O–H groups in total. The summed E-state index contributed by atoms with van der Waals surface area (Å²) in [6.45, 7) is 6.40. The van der Waals surface area contributed by atoms with Crippen molar-refractivity contribution >= 4 is 5.91 Å². The predicted octanol–water partition coefficient (Wildman–Crippen LogP) is 3.30. The van der Waals surface area contributed by atoms with E-state index in [2.05, 4.69) is 19.2 Å². The first-order valence-corrected chi connectivity index (χ1v) is 7.19. The van der Waals surface area contributed by atoms with Crippen LogP contribution in [0.5, 0.6) is 0 Å². The summed E-state index contributed by atoms with van der Waals surface area (Å²) in [5.41, 5.74) is 5.83. The van der Waals surface area contributed by atoms with E-state index < -0.39 is 17.7 Å². The Bertz CT molecular complexity index is 489. The highest BCUT2D eigenvalue weighted by Crippen LogP contribution is 2.26. The summed E-state index contributed by atoms with van der Waals surface area (Å²) in [6, 6.07) is 2.87. The molecule has 1 atom stereocenters. The number of rotatable bonds is 7. The van der Waals surface area contributed by atoms with Gasteiger partial charge in [-0.25, -0.2) is 8.78 Å². The highest BCUT2D eigenvalue weighted by molar-refractivity contribution is 5.76. The Morgan fingerprint density at radius 2 is 2.00 bits per heavy atom. The Morgan fingerprint density at radius 3 is 2.57 bits per heavy atom. The third kappa shape index (κ3) is 5.79. The van der Waals surface area contributed by atoms with E-state index in [-0.39, 0.29) is 16.9 Å². The summed E-state index contributed by atoms with van der Waals surface area (Å²) in [7, 11) is 0. The van der Waals surface area contributed by atoms with Crippen LogP contribution in [0.1, 0.15) is 51.6 Å². The van der Waals surface area contributed by atoms with E-state index in [0.717, 1.165) is 12.5 Å². The minimum Gasteiger partial charge on any atom is -0.349 e. The number of nitrogens with one attached hydrogen (secondary N) is 1. The summed E-state index contributed by atoms with van der Waals surface area (Å²) >= 11 is 0. The number of hydrogen-bond acceptors (Lipinski definition) is 2. The fourth-order valence-corrected chi connectivity index (χ4v) is 2.21. The molecule has 0 aliphatic rings. The Balaban J connectivity index is 2.54. The molecular formula is C16H24F2N2O. The molecule has 0 bridgehead atoms. The van der Waals surface area contributed by atoms with Gasteiger partial charge in [0.2, 0.25) is 5.91 Å². The van der Waals surface area contributed by atoms with Gasteiger partial charge in [-0.1, -0.05) is 19.9 Å². The molecule has 1 amide bonds. The molecule has 0 fully saturated rings. The molecule has 1 aromatic carbocycles. The first-order valence-electron chi connectivity index (χ1n) is 7.19. The highest BCUT2D eigenvalue weighted by atomic mass is 19.1. The molecule has 1 unspecified atom stereocenters. The van der Waals surface area contributed by atoms with E-state index >= 15 is 0 Å². The normalized spacial score (nSPS) is 13.0. The van der Waals surface area contributed by atoms with E-state index in [1.54, 1.807) is 6.92 Å². The fraction of sp³-hybridized carbons (Fsp3) is 0.562. The van der Waals surface area contributed by atoms with Gasteiger partial charge in [0.05, 0.1) is 6.04 Å². The maximum absolute atomic E-state index is 13.6. The van der Waals surface area contributed by atoms with Crippen LogP contribution in [0.25, 0.3) is 0 Å². The number of amides is 1. The Morgan fingerprint density at radius 1 is 1.33 bits per heavy atom. The average Bonchev–Trinajstić information content (AvgIpc) is 2.36. The molecule has 0 aromatic heterocycles. The standard InChI is InChI=1S/C16H24F2N2O/c1-11(13-5-4-12(17)10-14(13)18)20-15(21)6-7-16(2,3)8-9-19/h4-5,10-11H,6-9,19H2,1-3H3,(H,20,21). The van der Waals surface area contributed by atoms with Gasteiger partial charge >= 0.3 is 0 Å². The van der Waals surface area contributed by atoms with Crippen LogP contribution >= 0.6 is 0 Å². The predicted molar refractivity (Wildman–Crippen MR) is 79.6 cm³/mol. The third-order valence-electron chi connectivity index (χ3n) is 3.66. The van der Waals surface area contributed by atoms with Crippen molar-refractivity contribution in [2.24, 2.45) is 11.1 Å². The van der Waals surface area contributed by atoms with Crippen LogP contribution in [-0.4, -0.2) is 12.5 Å². The topological polar surface area (TPSA) is 55.1 Å². The second-order valence-electron chi connectivity index (χ2n) is 6.16. The first-order chi connectivity index (χ1) is 9.75. The van der Waals surface area contributed by atoms with Gasteiger partial charge in [-0.15, -0.1) is 0 Å². The third-order valence-corrected chi connectivity index (χ3v) is 3.66. The largest absolute Gasteiger partial charge is 0.349 e. The Hall–Kier alpha value is -1.49. The van der Waals surface area contributed by atoms with Crippen LogP contribution in [0.4, 0.5) is 8.78 Å². The van der Waals surface area contributed by atoms with Crippen LogP contribution in [0.2, 0.25) is 0 Å². The molecule has 0 aliphatic carbocycles. The molecule has 118 valence electrons. The van der Waals surface area contributed by atoms with Gasteiger partial charge in [0.15, 0.2) is 0 Å². The molecule has 0 saturated heterocycles. The Labute approximate surface area is 124 Å². The van der Waals surface area contributed by atoms with Crippen LogP contribution in [0.15, 0.2) is 18.2 Å². The van der Waals surface area contributed by atoms with Gasteiger partial charge in [-0.3, -0.25) is 4.79 Å². The first kappa shape index (κ1) is 17.6. The quantitative estimate of drug-likeness (QED) is 0.811. The van der Waals surface area contributed by atoms with Crippen molar-refractivity contribution in [3.8, 4) is 0 Å². The van der Waals surface area contributed by atoms with Gasteiger partial charge in [-0.2, -0.15) is 0 Å². The molecule has 0 heterocycles. The van der Waals surface area contributed by atoms with Crippen LogP contribution in [-0.2, 0) is 4.79 Å². The molecule has 0 radical (unpaired) electrons. The number of benzene rings is 1. The van der Waals surface area contributed by atoms with E-state index in [4.69, 9.17) is 5.73 Å². The van der Waals surface area contributed by atoms with E-state index in [1.807, 2.05) is 0 Å². The molecule has 21 heavy (non-hydrogen) atoms. The van der Waals surface area contributed by atoms with Crippen molar-refractivity contribution in [1.82, 2.24) is 5.32 Å². The zero-order valence-corrected chi connectivity index (χ0v) is 12.9. The van der Waals surface area contributed by atoms with Crippen LogP contribution < -0.4 is 11.1 Å². The monoisotopic (exact) mass is 298 g/mol. The average molecular weight is 298 g/mol. The molecule has 5 heteroatoms. The zero-order chi connectivity index (χ0) is 16.0. The van der Waals surface area contributed by atoms with Gasteiger partial charge in [0.1, 0.15) is 11.6 Å². The molecule has 0 saturated carbocycles. The second kappa shape index (κ2) is 7.50. The molecule has 0 aliphatic heterocycles. The molecule has 3 nitrogen and oxygen atoms in total. The van der Waals surface area contributed by atoms with Crippen molar-refractivity contribution in [2.75, 3.05) is 6.54 Å². The molecular weight excluding hydrogens is 274 g/mol. The minimum atomic E-state index is -0.647. The smallest absolute Gasteiger partial charge is 0.220 e. The number of halogens is 2. The van der Waals surface area contributed by atoms with E-state index in [1.165, 1.54) is 12.1 Å². The van der Waals surface area contributed by atoms with Crippen molar-refractivity contribution in [3.63, 3.8) is 0 Å². The lowest BCUT2D eigenvalue weighted by molar-refractivity contribution is -0.122.